The molecule has 0 spiro atoms. The van der Waals surface area contributed by atoms with Crippen LogP contribution in [0.1, 0.15) is 37.2 Å². The molecule has 2 N–H and O–H groups in total. The maximum Gasteiger partial charge on any atom is 0.127 e. The Morgan fingerprint density at radius 1 is 1.18 bits per heavy atom. The van der Waals surface area contributed by atoms with Gasteiger partial charge in [0.25, 0.3) is 0 Å². The molecule has 2 aromatic carbocycles. The van der Waals surface area contributed by atoms with Gasteiger partial charge in [0.1, 0.15) is 5.82 Å². The minimum absolute atomic E-state index is 0.0448. The van der Waals surface area contributed by atoms with Crippen molar-refractivity contribution in [3.8, 4) is 0 Å². The van der Waals surface area contributed by atoms with E-state index in [0.717, 1.165) is 46.8 Å². The summed E-state index contributed by atoms with van der Waals surface area (Å²) in [5, 5.41) is 0.751. The zero-order valence-electron chi connectivity index (χ0n) is 12.7. The van der Waals surface area contributed by atoms with Gasteiger partial charge in [0.15, 0.2) is 0 Å². The van der Waals surface area contributed by atoms with E-state index in [9.17, 15) is 0 Å². The van der Waals surface area contributed by atoms with Crippen LogP contribution < -0.4 is 5.73 Å². The van der Waals surface area contributed by atoms with Gasteiger partial charge in [-0.1, -0.05) is 49.2 Å². The van der Waals surface area contributed by atoms with E-state index in [1.54, 1.807) is 0 Å². The van der Waals surface area contributed by atoms with Crippen molar-refractivity contribution in [2.45, 2.75) is 32.4 Å². The highest BCUT2D eigenvalue weighted by molar-refractivity contribution is 6.30. The third-order valence-corrected chi connectivity index (χ3v) is 4.08. The Balaban J connectivity index is 2.07. The standard InChI is InChI=1S/C18H20ClN3/c1-2-6-15(20)18-21-16-9-3-4-10-17(16)22(18)12-13-7-5-8-14(19)11-13/h3-5,7-11,15H,2,6,12,20H2,1H3. The molecule has 4 heteroatoms. The number of nitrogens with zero attached hydrogens (tertiary/aromatic N) is 2. The fourth-order valence-electron chi connectivity index (χ4n) is 2.80. The number of halogens is 1. The molecule has 0 fully saturated rings. The second kappa shape index (κ2) is 6.51. The number of para-hydroxylation sites is 2. The summed E-state index contributed by atoms with van der Waals surface area (Å²) in [5.41, 5.74) is 9.60. The summed E-state index contributed by atoms with van der Waals surface area (Å²) in [6, 6.07) is 16.1. The number of hydrogen-bond acceptors (Lipinski definition) is 2. The van der Waals surface area contributed by atoms with Gasteiger partial charge in [-0.05, 0) is 36.2 Å². The Morgan fingerprint density at radius 2 is 2.00 bits per heavy atom. The van der Waals surface area contributed by atoms with Gasteiger partial charge in [-0.3, -0.25) is 0 Å². The summed E-state index contributed by atoms with van der Waals surface area (Å²) in [4.78, 5) is 4.75. The Hall–Kier alpha value is -1.84. The number of benzene rings is 2. The van der Waals surface area contributed by atoms with E-state index in [4.69, 9.17) is 22.3 Å². The molecule has 0 aliphatic carbocycles. The molecule has 1 unspecified atom stereocenters. The topological polar surface area (TPSA) is 43.8 Å². The second-order valence-electron chi connectivity index (χ2n) is 5.57. The lowest BCUT2D eigenvalue weighted by Gasteiger charge is -2.14. The van der Waals surface area contributed by atoms with Gasteiger partial charge >= 0.3 is 0 Å². The molecule has 0 aliphatic rings. The molecular weight excluding hydrogens is 294 g/mol. The lowest BCUT2D eigenvalue weighted by molar-refractivity contribution is 0.572. The van der Waals surface area contributed by atoms with Gasteiger partial charge in [0.2, 0.25) is 0 Å². The molecule has 114 valence electrons. The predicted molar refractivity (Wildman–Crippen MR) is 92.1 cm³/mol. The minimum Gasteiger partial charge on any atom is -0.322 e. The molecule has 22 heavy (non-hydrogen) atoms. The van der Waals surface area contributed by atoms with Gasteiger partial charge in [0, 0.05) is 11.6 Å². The summed E-state index contributed by atoms with van der Waals surface area (Å²) in [7, 11) is 0. The van der Waals surface area contributed by atoms with Crippen LogP contribution in [0.15, 0.2) is 48.5 Å². The number of fused-ring (bicyclic) bond motifs is 1. The first-order valence-corrected chi connectivity index (χ1v) is 8.02. The highest BCUT2D eigenvalue weighted by atomic mass is 35.5. The van der Waals surface area contributed by atoms with Crippen LogP contribution in [0.25, 0.3) is 11.0 Å². The smallest absolute Gasteiger partial charge is 0.127 e. The van der Waals surface area contributed by atoms with E-state index in [-0.39, 0.29) is 6.04 Å². The first-order chi connectivity index (χ1) is 10.7. The number of imidazole rings is 1. The summed E-state index contributed by atoms with van der Waals surface area (Å²) >= 11 is 6.11. The minimum atomic E-state index is -0.0448. The molecule has 3 nitrogen and oxygen atoms in total. The zero-order valence-corrected chi connectivity index (χ0v) is 13.4. The molecule has 1 heterocycles. The van der Waals surface area contributed by atoms with Crippen molar-refractivity contribution in [3.05, 3.63) is 64.9 Å². The average Bonchev–Trinajstić information content (AvgIpc) is 2.87. The van der Waals surface area contributed by atoms with Gasteiger partial charge in [0.05, 0.1) is 17.1 Å². The van der Waals surface area contributed by atoms with Crippen LogP contribution in [0, 0.1) is 0 Å². The van der Waals surface area contributed by atoms with Gasteiger partial charge < -0.3 is 10.3 Å². The third kappa shape index (κ3) is 3.01. The lowest BCUT2D eigenvalue weighted by atomic mass is 10.1. The molecule has 0 aliphatic heterocycles. The van der Waals surface area contributed by atoms with Gasteiger partial charge in [-0.2, -0.15) is 0 Å². The maximum absolute atomic E-state index is 6.34. The highest BCUT2D eigenvalue weighted by Crippen LogP contribution is 2.24. The molecule has 3 aromatic rings. The van der Waals surface area contributed by atoms with Crippen LogP contribution >= 0.6 is 11.6 Å². The second-order valence-corrected chi connectivity index (χ2v) is 6.01. The van der Waals surface area contributed by atoms with Crippen molar-refractivity contribution >= 4 is 22.6 Å². The van der Waals surface area contributed by atoms with E-state index in [0.29, 0.717) is 0 Å². The molecule has 1 aromatic heterocycles. The Kier molecular flexibility index (Phi) is 4.46. The Bertz CT molecular complexity index is 779. The van der Waals surface area contributed by atoms with E-state index < -0.39 is 0 Å². The van der Waals surface area contributed by atoms with Crippen LogP contribution in [-0.4, -0.2) is 9.55 Å². The van der Waals surface area contributed by atoms with Crippen molar-refractivity contribution in [2.24, 2.45) is 5.73 Å². The molecule has 0 saturated heterocycles. The molecule has 1 atom stereocenters. The predicted octanol–water partition coefficient (Wildman–Crippen LogP) is 4.54. The molecule has 0 amide bonds. The van der Waals surface area contributed by atoms with Gasteiger partial charge in [-0.15, -0.1) is 0 Å². The Labute approximate surface area is 135 Å². The number of hydrogen-bond donors (Lipinski definition) is 1. The summed E-state index contributed by atoms with van der Waals surface area (Å²) in [5.74, 6) is 0.947. The van der Waals surface area contributed by atoms with Gasteiger partial charge in [-0.25, -0.2) is 4.98 Å². The molecule has 3 rings (SSSR count). The normalized spacial score (nSPS) is 12.7. The van der Waals surface area contributed by atoms with Crippen LogP contribution in [0.3, 0.4) is 0 Å². The largest absolute Gasteiger partial charge is 0.322 e. The monoisotopic (exact) mass is 313 g/mol. The highest BCUT2D eigenvalue weighted by Gasteiger charge is 2.16. The zero-order chi connectivity index (χ0) is 15.5. The van der Waals surface area contributed by atoms with E-state index in [2.05, 4.69) is 23.6 Å². The summed E-state index contributed by atoms with van der Waals surface area (Å²) in [6.07, 6.45) is 1.97. The maximum atomic E-state index is 6.34. The van der Waals surface area contributed by atoms with Crippen LogP contribution in [-0.2, 0) is 6.54 Å². The first-order valence-electron chi connectivity index (χ1n) is 7.64. The fourth-order valence-corrected chi connectivity index (χ4v) is 3.01. The number of rotatable bonds is 5. The van der Waals surface area contributed by atoms with E-state index in [1.165, 1.54) is 0 Å². The summed E-state index contributed by atoms with van der Waals surface area (Å²) < 4.78 is 2.21. The SMILES string of the molecule is CCCC(N)c1nc2ccccc2n1Cc1cccc(Cl)c1. The van der Waals surface area contributed by atoms with E-state index >= 15 is 0 Å². The number of nitrogens with two attached hydrogens (primary N) is 1. The molecule has 0 radical (unpaired) electrons. The first kappa shape index (κ1) is 15.1. The Morgan fingerprint density at radius 3 is 2.77 bits per heavy atom. The molecular formula is C18H20ClN3. The quantitative estimate of drug-likeness (QED) is 0.751. The average molecular weight is 314 g/mol. The van der Waals surface area contributed by atoms with Crippen molar-refractivity contribution in [1.82, 2.24) is 9.55 Å². The lowest BCUT2D eigenvalue weighted by Crippen LogP contribution is -2.17. The molecule has 0 saturated carbocycles. The van der Waals surface area contributed by atoms with Crippen LogP contribution in [0.2, 0.25) is 5.02 Å². The van der Waals surface area contributed by atoms with Crippen LogP contribution in [0.5, 0.6) is 0 Å². The number of aromatic nitrogens is 2. The third-order valence-electron chi connectivity index (χ3n) is 3.85. The van der Waals surface area contributed by atoms with Crippen molar-refractivity contribution in [3.63, 3.8) is 0 Å². The van der Waals surface area contributed by atoms with E-state index in [1.807, 2.05) is 36.4 Å². The molecule has 0 bridgehead atoms. The van der Waals surface area contributed by atoms with Crippen LogP contribution in [0.4, 0.5) is 0 Å². The van der Waals surface area contributed by atoms with Crippen molar-refractivity contribution < 1.29 is 0 Å². The fraction of sp³-hybridized carbons (Fsp3) is 0.278. The summed E-state index contributed by atoms with van der Waals surface area (Å²) in [6.45, 7) is 2.87. The van der Waals surface area contributed by atoms with Crippen molar-refractivity contribution in [2.75, 3.05) is 0 Å². The van der Waals surface area contributed by atoms with Crippen molar-refractivity contribution in [1.29, 1.82) is 0 Å².